The highest BCUT2D eigenvalue weighted by Gasteiger charge is 2.23. The molecule has 3 rings (SSSR count). The van der Waals surface area contributed by atoms with E-state index >= 15 is 0 Å². The van der Waals surface area contributed by atoms with Gasteiger partial charge in [0.1, 0.15) is 0 Å². The molecule has 9 heteroatoms. The largest absolute Gasteiger partial charge is 0.329 e. The van der Waals surface area contributed by atoms with Crippen LogP contribution in [0.3, 0.4) is 0 Å². The second-order valence-corrected chi connectivity index (χ2v) is 10.2. The molecule has 2 aromatic carbocycles. The van der Waals surface area contributed by atoms with E-state index in [0.29, 0.717) is 11.3 Å². The summed E-state index contributed by atoms with van der Waals surface area (Å²) in [6.45, 7) is 3.54. The van der Waals surface area contributed by atoms with Crippen LogP contribution in [0.1, 0.15) is 21.5 Å². The van der Waals surface area contributed by atoms with Crippen molar-refractivity contribution in [1.29, 1.82) is 0 Å². The van der Waals surface area contributed by atoms with Gasteiger partial charge < -0.3 is 9.88 Å². The van der Waals surface area contributed by atoms with Crippen LogP contribution in [0, 0.1) is 13.8 Å². The van der Waals surface area contributed by atoms with Gasteiger partial charge in [0.05, 0.1) is 10.6 Å². The van der Waals surface area contributed by atoms with Crippen molar-refractivity contribution in [2.24, 2.45) is 7.05 Å². The molecule has 0 unspecified atom stereocenters. The molecule has 3 aromatic rings. The summed E-state index contributed by atoms with van der Waals surface area (Å²) in [5.41, 5.74) is 2.28. The molecule has 1 heterocycles. The van der Waals surface area contributed by atoms with E-state index in [1.54, 1.807) is 26.1 Å². The average Bonchev–Trinajstić information content (AvgIpc) is 3.09. The molecule has 1 aromatic heterocycles. The Kier molecular flexibility index (Phi) is 6.35. The van der Waals surface area contributed by atoms with Crippen LogP contribution in [0.4, 0.5) is 5.69 Å². The number of amides is 1. The number of hydrogen-bond donors (Lipinski definition) is 1. The minimum absolute atomic E-state index is 0.133. The van der Waals surface area contributed by atoms with Gasteiger partial charge in [-0.2, -0.15) is 0 Å². The fraction of sp³-hybridized carbons (Fsp3) is 0.238. The van der Waals surface area contributed by atoms with Crippen LogP contribution in [0.25, 0.3) is 0 Å². The summed E-state index contributed by atoms with van der Waals surface area (Å²) in [5.74, 6) is -0.374. The summed E-state index contributed by atoms with van der Waals surface area (Å²) in [6.07, 6.45) is 3.57. The fourth-order valence-corrected chi connectivity index (χ4v) is 4.93. The number of benzene rings is 2. The van der Waals surface area contributed by atoms with E-state index < -0.39 is 10.0 Å². The average molecular weight is 445 g/mol. The van der Waals surface area contributed by atoms with Gasteiger partial charge in [-0.3, -0.25) is 4.79 Å². The Bertz CT molecular complexity index is 1200. The standard InChI is InChI=1S/C21H24N4O3S2/c1-14-12-16(13-19(15(14)2)30(27,28)24(3)4)20(26)23-17-8-6-7-9-18(17)29-21-22-10-11-25(21)5/h6-13H,1-5H3,(H,23,26). The number of para-hydroxylation sites is 1. The number of rotatable bonds is 6. The molecule has 0 aliphatic heterocycles. The van der Waals surface area contributed by atoms with E-state index in [-0.39, 0.29) is 16.4 Å². The summed E-state index contributed by atoms with van der Waals surface area (Å²) < 4.78 is 28.4. The number of carbonyl (C=O) groups is 1. The Hall–Kier alpha value is -2.62. The fourth-order valence-electron chi connectivity index (χ4n) is 2.82. The minimum Gasteiger partial charge on any atom is -0.329 e. The summed E-state index contributed by atoms with van der Waals surface area (Å²) in [7, 11) is 1.18. The first-order valence-electron chi connectivity index (χ1n) is 9.20. The smallest absolute Gasteiger partial charge is 0.255 e. The quantitative estimate of drug-likeness (QED) is 0.627. The molecule has 7 nitrogen and oxygen atoms in total. The summed E-state index contributed by atoms with van der Waals surface area (Å²) >= 11 is 1.44. The summed E-state index contributed by atoms with van der Waals surface area (Å²) in [6, 6.07) is 10.6. The molecule has 1 N–H and O–H groups in total. The molecular formula is C21H24N4O3S2. The van der Waals surface area contributed by atoms with Gasteiger partial charge in [0.15, 0.2) is 5.16 Å². The van der Waals surface area contributed by atoms with E-state index in [0.717, 1.165) is 19.9 Å². The van der Waals surface area contributed by atoms with Crippen molar-refractivity contribution in [3.05, 3.63) is 65.5 Å². The van der Waals surface area contributed by atoms with Crippen LogP contribution in [0.5, 0.6) is 0 Å². The third-order valence-electron chi connectivity index (χ3n) is 4.75. The zero-order chi connectivity index (χ0) is 22.1. The lowest BCUT2D eigenvalue weighted by Gasteiger charge is -2.17. The Balaban J connectivity index is 1.94. The molecular weight excluding hydrogens is 420 g/mol. The number of hydrogen-bond acceptors (Lipinski definition) is 5. The number of nitrogens with zero attached hydrogens (tertiary/aromatic N) is 3. The topological polar surface area (TPSA) is 84.3 Å². The van der Waals surface area contributed by atoms with Crippen LogP contribution in [-0.4, -0.2) is 42.3 Å². The van der Waals surface area contributed by atoms with Crippen LogP contribution in [0.15, 0.2) is 63.7 Å². The molecule has 0 fully saturated rings. The SMILES string of the molecule is Cc1cc(C(=O)Nc2ccccc2Sc2nccn2C)cc(S(=O)(=O)N(C)C)c1C. The zero-order valence-electron chi connectivity index (χ0n) is 17.5. The lowest BCUT2D eigenvalue weighted by Crippen LogP contribution is -2.24. The molecule has 0 radical (unpaired) electrons. The summed E-state index contributed by atoms with van der Waals surface area (Å²) in [4.78, 5) is 18.3. The molecule has 0 aliphatic carbocycles. The van der Waals surface area contributed by atoms with Crippen LogP contribution >= 0.6 is 11.8 Å². The van der Waals surface area contributed by atoms with E-state index in [4.69, 9.17) is 0 Å². The summed E-state index contributed by atoms with van der Waals surface area (Å²) in [5, 5.41) is 3.70. The van der Waals surface area contributed by atoms with E-state index in [1.807, 2.05) is 42.1 Å². The van der Waals surface area contributed by atoms with Gasteiger partial charge >= 0.3 is 0 Å². The first kappa shape index (κ1) is 22.1. The maximum absolute atomic E-state index is 13.0. The van der Waals surface area contributed by atoms with Gasteiger partial charge in [0.25, 0.3) is 5.91 Å². The number of carbonyl (C=O) groups excluding carboxylic acids is 1. The van der Waals surface area contributed by atoms with Crippen molar-refractivity contribution in [1.82, 2.24) is 13.9 Å². The number of sulfonamides is 1. The third kappa shape index (κ3) is 4.43. The second-order valence-electron chi connectivity index (χ2n) is 7.08. The molecule has 0 saturated carbocycles. The lowest BCUT2D eigenvalue weighted by molar-refractivity contribution is 0.102. The molecule has 0 aliphatic rings. The normalized spacial score (nSPS) is 11.7. The lowest BCUT2D eigenvalue weighted by atomic mass is 10.1. The first-order chi connectivity index (χ1) is 14.1. The maximum Gasteiger partial charge on any atom is 0.255 e. The molecule has 30 heavy (non-hydrogen) atoms. The van der Waals surface area contributed by atoms with Gasteiger partial charge in [-0.25, -0.2) is 17.7 Å². The van der Waals surface area contributed by atoms with Crippen molar-refractivity contribution in [3.63, 3.8) is 0 Å². The highest BCUT2D eigenvalue weighted by atomic mass is 32.2. The molecule has 0 atom stereocenters. The Morgan fingerprint density at radius 2 is 1.87 bits per heavy atom. The Morgan fingerprint density at radius 1 is 1.17 bits per heavy atom. The first-order valence-corrected chi connectivity index (χ1v) is 11.5. The van der Waals surface area contributed by atoms with Gasteiger partial charge in [0.2, 0.25) is 10.0 Å². The predicted molar refractivity (Wildman–Crippen MR) is 119 cm³/mol. The highest BCUT2D eigenvalue weighted by molar-refractivity contribution is 7.99. The van der Waals surface area contributed by atoms with E-state index in [1.165, 1.54) is 31.9 Å². The number of anilines is 1. The molecule has 0 spiro atoms. The molecule has 0 bridgehead atoms. The minimum atomic E-state index is -3.67. The molecule has 158 valence electrons. The van der Waals surface area contributed by atoms with Crippen molar-refractivity contribution < 1.29 is 13.2 Å². The zero-order valence-corrected chi connectivity index (χ0v) is 19.1. The maximum atomic E-state index is 13.0. The Morgan fingerprint density at radius 3 is 2.50 bits per heavy atom. The van der Waals surface area contributed by atoms with Gasteiger partial charge in [0, 0.05) is 44.0 Å². The molecule has 0 saturated heterocycles. The number of aryl methyl sites for hydroxylation is 2. The second kappa shape index (κ2) is 8.63. The van der Waals surface area contributed by atoms with Crippen molar-refractivity contribution in [2.75, 3.05) is 19.4 Å². The van der Waals surface area contributed by atoms with Gasteiger partial charge in [-0.1, -0.05) is 12.1 Å². The van der Waals surface area contributed by atoms with Crippen molar-refractivity contribution in [2.45, 2.75) is 28.8 Å². The highest BCUT2D eigenvalue weighted by Crippen LogP contribution is 2.32. The number of aromatic nitrogens is 2. The van der Waals surface area contributed by atoms with Gasteiger partial charge in [-0.15, -0.1) is 0 Å². The molecule has 1 amide bonds. The van der Waals surface area contributed by atoms with Gasteiger partial charge in [-0.05, 0) is 61.0 Å². The number of nitrogens with one attached hydrogen (secondary N) is 1. The van der Waals surface area contributed by atoms with Crippen LogP contribution < -0.4 is 5.32 Å². The van der Waals surface area contributed by atoms with E-state index in [2.05, 4.69) is 10.3 Å². The number of imidazole rings is 1. The van der Waals surface area contributed by atoms with Crippen LogP contribution in [-0.2, 0) is 17.1 Å². The third-order valence-corrected chi connectivity index (χ3v) is 7.85. The van der Waals surface area contributed by atoms with E-state index in [9.17, 15) is 13.2 Å². The monoisotopic (exact) mass is 444 g/mol. The van der Waals surface area contributed by atoms with Crippen molar-refractivity contribution in [3.8, 4) is 0 Å². The van der Waals surface area contributed by atoms with Crippen molar-refractivity contribution >= 4 is 33.4 Å². The van der Waals surface area contributed by atoms with Crippen LogP contribution in [0.2, 0.25) is 0 Å². The predicted octanol–water partition coefficient (Wildman–Crippen LogP) is 3.69. The Labute approximate surface area is 181 Å².